The van der Waals surface area contributed by atoms with E-state index in [0.29, 0.717) is 4.57 Å². The molecule has 8 nitrogen and oxygen atoms in total. The van der Waals surface area contributed by atoms with Crippen LogP contribution in [0.2, 0.25) is 0 Å². The Hall–Kier alpha value is -3.84. The first-order valence-corrected chi connectivity index (χ1v) is 11.5. The zero-order chi connectivity index (χ0) is 28.2. The van der Waals surface area contributed by atoms with Crippen LogP contribution >= 0.6 is 0 Å². The molecular weight excluding hydrogens is 520 g/mol. The number of hydrogen-bond acceptors (Lipinski definition) is 5. The number of pyridine rings is 1. The van der Waals surface area contributed by atoms with Crippen molar-refractivity contribution in [2.45, 2.75) is 44.5 Å². The molecule has 0 unspecified atom stereocenters. The van der Waals surface area contributed by atoms with Crippen molar-refractivity contribution in [2.24, 2.45) is 7.05 Å². The summed E-state index contributed by atoms with van der Waals surface area (Å²) >= 11 is 0. The molecule has 1 aromatic carbocycles. The van der Waals surface area contributed by atoms with Gasteiger partial charge in [0.15, 0.2) is 11.4 Å². The molecule has 1 saturated heterocycles. The normalized spacial score (nSPS) is 18.8. The van der Waals surface area contributed by atoms with E-state index in [1.54, 1.807) is 0 Å². The summed E-state index contributed by atoms with van der Waals surface area (Å²) in [4.78, 5) is 38.5. The third-order valence-corrected chi connectivity index (χ3v) is 6.88. The molecular formula is C24H23F6N5O3. The fourth-order valence-corrected chi connectivity index (χ4v) is 4.74. The number of halogens is 6. The monoisotopic (exact) mass is 543 g/mol. The van der Waals surface area contributed by atoms with Crippen LogP contribution in [0.15, 0.2) is 40.1 Å². The molecule has 4 rings (SSSR count). The number of rotatable bonds is 5. The minimum absolute atomic E-state index is 0.167. The van der Waals surface area contributed by atoms with Crippen molar-refractivity contribution >= 4 is 22.5 Å². The van der Waals surface area contributed by atoms with Crippen LogP contribution in [-0.2, 0) is 17.4 Å². The van der Waals surface area contributed by atoms with Crippen molar-refractivity contribution in [3.05, 3.63) is 68.1 Å². The highest BCUT2D eigenvalue weighted by Gasteiger charge is 2.60. The van der Waals surface area contributed by atoms with Gasteiger partial charge in [0.25, 0.3) is 17.5 Å². The third-order valence-electron chi connectivity index (χ3n) is 6.88. The molecule has 2 atom stereocenters. The highest BCUT2D eigenvalue weighted by Crippen LogP contribution is 2.43. The Morgan fingerprint density at radius 2 is 1.82 bits per heavy atom. The molecule has 14 heteroatoms. The molecule has 0 saturated carbocycles. The van der Waals surface area contributed by atoms with E-state index < -0.39 is 65.6 Å². The van der Waals surface area contributed by atoms with Gasteiger partial charge >= 0.3 is 6.18 Å². The van der Waals surface area contributed by atoms with Gasteiger partial charge in [0, 0.05) is 43.7 Å². The molecule has 1 fully saturated rings. The Morgan fingerprint density at radius 1 is 1.16 bits per heavy atom. The number of carbonyl (C=O) groups is 1. The first-order chi connectivity index (χ1) is 17.7. The summed E-state index contributed by atoms with van der Waals surface area (Å²) in [7, 11) is 1.25. The van der Waals surface area contributed by atoms with Gasteiger partial charge < -0.3 is 10.2 Å². The standard InChI is InChI=1S/C24H23F6N5O3/c1-12(14-5-4-6-15(19(14)25)20(26)27)31-21-17-10-35(18(37)9-16(17)22(38)33(3)32-21)23(24(28,29)30)7-8-34(11-23)13(2)36/h4-6,9-10,12,20H,7-8,11H2,1-3H3,(H,31,32)/t12-,23+/m1/s1. The largest absolute Gasteiger partial charge is 0.413 e. The summed E-state index contributed by atoms with van der Waals surface area (Å²) in [6.07, 6.45) is -7.76. The van der Waals surface area contributed by atoms with Crippen LogP contribution in [0.5, 0.6) is 0 Å². The predicted molar refractivity (Wildman–Crippen MR) is 126 cm³/mol. The van der Waals surface area contributed by atoms with Crippen LogP contribution in [0.4, 0.5) is 32.2 Å². The minimum atomic E-state index is -4.94. The number of fused-ring (bicyclic) bond motifs is 1. The molecule has 1 amide bonds. The SMILES string of the molecule is CC(=O)N1CC[C@@](n2cc3c(N[C@H](C)c4cccc(C(F)F)c4F)nn(C)c(=O)c3cc2=O)(C(F)(F)F)C1. The number of nitrogens with zero attached hydrogens (tertiary/aromatic N) is 4. The first kappa shape index (κ1) is 27.2. The number of anilines is 1. The third kappa shape index (κ3) is 4.41. The number of nitrogens with one attached hydrogen (secondary N) is 1. The summed E-state index contributed by atoms with van der Waals surface area (Å²) < 4.78 is 85.7. The van der Waals surface area contributed by atoms with E-state index in [2.05, 4.69) is 10.4 Å². The summed E-state index contributed by atoms with van der Waals surface area (Å²) in [5.74, 6) is -1.94. The number of aryl methyl sites for hydroxylation is 1. The molecule has 1 N–H and O–H groups in total. The van der Waals surface area contributed by atoms with Gasteiger partial charge in [-0.15, -0.1) is 0 Å². The van der Waals surface area contributed by atoms with E-state index >= 15 is 0 Å². The van der Waals surface area contributed by atoms with E-state index in [1.807, 2.05) is 0 Å². The Bertz CT molecular complexity index is 1530. The van der Waals surface area contributed by atoms with E-state index in [4.69, 9.17) is 0 Å². The van der Waals surface area contributed by atoms with Gasteiger partial charge in [0.1, 0.15) is 5.82 Å². The molecule has 0 aliphatic carbocycles. The van der Waals surface area contributed by atoms with E-state index in [0.717, 1.165) is 34.8 Å². The van der Waals surface area contributed by atoms with Crippen LogP contribution in [0.3, 0.4) is 0 Å². The Kier molecular flexibility index (Phi) is 6.78. The number of aromatic nitrogens is 3. The van der Waals surface area contributed by atoms with Gasteiger partial charge in [-0.2, -0.15) is 18.3 Å². The Labute approximate surface area is 211 Å². The highest BCUT2D eigenvalue weighted by atomic mass is 19.4. The number of amides is 1. The average Bonchev–Trinajstić information content (AvgIpc) is 3.29. The van der Waals surface area contributed by atoms with Crippen molar-refractivity contribution in [3.8, 4) is 0 Å². The number of benzene rings is 1. The quantitative estimate of drug-likeness (QED) is 0.494. The van der Waals surface area contributed by atoms with Crippen molar-refractivity contribution in [2.75, 3.05) is 18.4 Å². The molecule has 0 bridgehead atoms. The zero-order valence-corrected chi connectivity index (χ0v) is 20.4. The summed E-state index contributed by atoms with van der Waals surface area (Å²) in [6.45, 7) is 1.49. The van der Waals surface area contributed by atoms with Crippen LogP contribution < -0.4 is 16.4 Å². The van der Waals surface area contributed by atoms with Crippen molar-refractivity contribution in [1.29, 1.82) is 0 Å². The van der Waals surface area contributed by atoms with Crippen LogP contribution in [0.1, 0.15) is 43.9 Å². The first-order valence-electron chi connectivity index (χ1n) is 11.5. The topological polar surface area (TPSA) is 89.2 Å². The fourth-order valence-electron chi connectivity index (χ4n) is 4.74. The second-order valence-corrected chi connectivity index (χ2v) is 9.22. The van der Waals surface area contributed by atoms with Gasteiger partial charge in [-0.3, -0.25) is 19.0 Å². The number of hydrogen-bond donors (Lipinski definition) is 1. The molecule has 0 spiro atoms. The Morgan fingerprint density at radius 3 is 2.39 bits per heavy atom. The average molecular weight is 543 g/mol. The van der Waals surface area contributed by atoms with Crippen molar-refractivity contribution in [3.63, 3.8) is 0 Å². The molecule has 38 heavy (non-hydrogen) atoms. The second-order valence-electron chi connectivity index (χ2n) is 9.22. The van der Waals surface area contributed by atoms with E-state index in [-0.39, 0.29) is 28.7 Å². The summed E-state index contributed by atoms with van der Waals surface area (Å²) in [5.41, 5.74) is -5.64. The fraction of sp³-hybridized carbons (Fsp3) is 0.417. The second kappa shape index (κ2) is 9.48. The predicted octanol–water partition coefficient (Wildman–Crippen LogP) is 3.85. The summed E-state index contributed by atoms with van der Waals surface area (Å²) in [6, 6.07) is 3.16. The molecule has 3 aromatic rings. The number of carbonyl (C=O) groups excluding carboxylic acids is 1. The Balaban J connectivity index is 1.90. The lowest BCUT2D eigenvalue weighted by atomic mass is 9.96. The van der Waals surface area contributed by atoms with E-state index in [9.17, 15) is 40.7 Å². The molecule has 204 valence electrons. The molecule has 1 aliphatic rings. The van der Waals surface area contributed by atoms with Gasteiger partial charge in [0.2, 0.25) is 5.91 Å². The molecule has 3 heterocycles. The lowest BCUT2D eigenvalue weighted by Gasteiger charge is -2.34. The maximum atomic E-state index is 14.7. The smallest absolute Gasteiger partial charge is 0.361 e. The van der Waals surface area contributed by atoms with Gasteiger partial charge in [0.05, 0.1) is 23.5 Å². The maximum absolute atomic E-state index is 14.7. The summed E-state index contributed by atoms with van der Waals surface area (Å²) in [5, 5.41) is 6.39. The van der Waals surface area contributed by atoms with Gasteiger partial charge in [-0.05, 0) is 13.3 Å². The van der Waals surface area contributed by atoms with Crippen LogP contribution in [0.25, 0.3) is 10.8 Å². The number of likely N-dealkylation sites (tertiary alicyclic amines) is 1. The lowest BCUT2D eigenvalue weighted by molar-refractivity contribution is -0.211. The van der Waals surface area contributed by atoms with Crippen molar-refractivity contribution in [1.82, 2.24) is 19.2 Å². The van der Waals surface area contributed by atoms with Crippen molar-refractivity contribution < 1.29 is 31.1 Å². The zero-order valence-electron chi connectivity index (χ0n) is 20.4. The molecule has 2 aromatic heterocycles. The van der Waals surface area contributed by atoms with E-state index in [1.165, 1.54) is 26.1 Å². The minimum Gasteiger partial charge on any atom is -0.361 e. The van der Waals surface area contributed by atoms with Crippen LogP contribution in [0, 0.1) is 5.82 Å². The van der Waals surface area contributed by atoms with Crippen LogP contribution in [-0.4, -0.2) is 44.4 Å². The maximum Gasteiger partial charge on any atom is 0.413 e. The van der Waals surface area contributed by atoms with Gasteiger partial charge in [-0.1, -0.05) is 18.2 Å². The lowest BCUT2D eigenvalue weighted by Crippen LogP contribution is -2.54. The highest BCUT2D eigenvalue weighted by molar-refractivity contribution is 5.90. The number of alkyl halides is 5. The molecule has 0 radical (unpaired) electrons. The molecule has 1 aliphatic heterocycles. The van der Waals surface area contributed by atoms with Gasteiger partial charge in [-0.25, -0.2) is 17.9 Å².